The third-order valence-corrected chi connectivity index (χ3v) is 8.33. The first kappa shape index (κ1) is 25.5. The summed E-state index contributed by atoms with van der Waals surface area (Å²) >= 11 is 0. The van der Waals surface area contributed by atoms with Gasteiger partial charge in [0, 0.05) is 5.56 Å². The van der Waals surface area contributed by atoms with Crippen molar-refractivity contribution in [2.45, 2.75) is 13.3 Å². The lowest BCUT2D eigenvalue weighted by atomic mass is 9.83. The summed E-state index contributed by atoms with van der Waals surface area (Å²) in [5.74, 6) is -3.91. The zero-order valence-corrected chi connectivity index (χ0v) is 22.8. The Bertz CT molecular complexity index is 2140. The molecule has 7 rings (SSSR count). The van der Waals surface area contributed by atoms with Gasteiger partial charge in [-0.05, 0) is 66.6 Å². The van der Waals surface area contributed by atoms with Crippen LogP contribution >= 0.6 is 0 Å². The van der Waals surface area contributed by atoms with Gasteiger partial charge in [-0.2, -0.15) is 0 Å². The van der Waals surface area contributed by atoms with E-state index in [2.05, 4.69) is 79.7 Å². The number of phenolic OH excluding ortho intramolecular Hbond substituents is 5. The van der Waals surface area contributed by atoms with E-state index in [1.54, 1.807) is 0 Å². The fourth-order valence-electron chi connectivity index (χ4n) is 6.32. The van der Waals surface area contributed by atoms with Crippen molar-refractivity contribution in [2.24, 2.45) is 5.92 Å². The molecule has 6 aromatic rings. The van der Waals surface area contributed by atoms with Crippen molar-refractivity contribution in [3.05, 3.63) is 101 Å². The van der Waals surface area contributed by atoms with Crippen LogP contribution in [0.25, 0.3) is 67.1 Å². The van der Waals surface area contributed by atoms with Gasteiger partial charge in [0.05, 0.1) is 5.56 Å². The molecule has 0 aliphatic heterocycles. The molecule has 0 fully saturated rings. The Hall–Kier alpha value is -5.42. The molecule has 5 nitrogen and oxygen atoms in total. The van der Waals surface area contributed by atoms with Gasteiger partial charge in [-0.1, -0.05) is 110 Å². The van der Waals surface area contributed by atoms with Crippen LogP contribution < -0.4 is 10.4 Å². The number of fused-ring (bicyclic) bond motifs is 3. The normalized spacial score (nSPS) is 14.4. The average molecular weight is 553 g/mol. The van der Waals surface area contributed by atoms with Gasteiger partial charge in [-0.25, -0.2) is 0 Å². The lowest BCUT2D eigenvalue weighted by Crippen LogP contribution is -2.33. The number of phenols is 5. The zero-order valence-electron chi connectivity index (χ0n) is 22.8. The summed E-state index contributed by atoms with van der Waals surface area (Å²) < 4.78 is 0. The molecule has 0 bridgehead atoms. The second kappa shape index (κ2) is 9.60. The van der Waals surface area contributed by atoms with E-state index in [4.69, 9.17) is 0 Å². The molecule has 0 radical (unpaired) electrons. The highest BCUT2D eigenvalue weighted by Crippen LogP contribution is 2.55. The summed E-state index contributed by atoms with van der Waals surface area (Å²) in [6.45, 7) is 2.13. The summed E-state index contributed by atoms with van der Waals surface area (Å²) in [5, 5.41) is 58.4. The topological polar surface area (TPSA) is 101 Å². The van der Waals surface area contributed by atoms with Crippen LogP contribution in [0.4, 0.5) is 0 Å². The molecule has 5 heteroatoms. The van der Waals surface area contributed by atoms with Crippen molar-refractivity contribution < 1.29 is 25.5 Å². The van der Waals surface area contributed by atoms with Crippen LogP contribution in [-0.2, 0) is 0 Å². The number of hydrogen-bond donors (Lipinski definition) is 5. The maximum Gasteiger partial charge on any atom is 0.208 e. The van der Waals surface area contributed by atoms with E-state index in [0.29, 0.717) is 5.56 Å². The lowest BCUT2D eigenvalue weighted by molar-refractivity contribution is 0.330. The maximum absolute atomic E-state index is 10.9. The molecule has 1 aliphatic carbocycles. The lowest BCUT2D eigenvalue weighted by Gasteiger charge is -2.21. The van der Waals surface area contributed by atoms with Gasteiger partial charge in [0.1, 0.15) is 0 Å². The van der Waals surface area contributed by atoms with Crippen LogP contribution in [0.15, 0.2) is 91.0 Å². The van der Waals surface area contributed by atoms with E-state index in [1.165, 1.54) is 10.8 Å². The molecule has 1 unspecified atom stereocenters. The van der Waals surface area contributed by atoms with E-state index in [0.717, 1.165) is 49.9 Å². The van der Waals surface area contributed by atoms with Crippen LogP contribution in [0.2, 0.25) is 0 Å². The summed E-state index contributed by atoms with van der Waals surface area (Å²) in [4.78, 5) is 0. The molecular formula is C37H28O5. The van der Waals surface area contributed by atoms with Crippen molar-refractivity contribution >= 4 is 33.7 Å². The minimum absolute atomic E-state index is 0.132. The molecule has 42 heavy (non-hydrogen) atoms. The predicted octanol–water partition coefficient (Wildman–Crippen LogP) is 7.12. The number of benzene rings is 6. The maximum atomic E-state index is 10.9. The Morgan fingerprint density at radius 1 is 0.500 bits per heavy atom. The van der Waals surface area contributed by atoms with Crippen LogP contribution in [0.5, 0.6) is 28.7 Å². The summed E-state index contributed by atoms with van der Waals surface area (Å²) in [6, 6.07) is 30.9. The van der Waals surface area contributed by atoms with E-state index in [-0.39, 0.29) is 11.5 Å². The quantitative estimate of drug-likeness (QED) is 0.119. The second-order valence-corrected chi connectivity index (χ2v) is 10.9. The molecule has 0 aromatic heterocycles. The van der Waals surface area contributed by atoms with Crippen LogP contribution in [0.3, 0.4) is 0 Å². The van der Waals surface area contributed by atoms with Gasteiger partial charge in [-0.3, -0.25) is 0 Å². The number of rotatable bonds is 3. The van der Waals surface area contributed by atoms with Crippen molar-refractivity contribution in [3.63, 3.8) is 0 Å². The molecule has 206 valence electrons. The largest absolute Gasteiger partial charge is 0.504 e. The zero-order chi connectivity index (χ0) is 29.1. The van der Waals surface area contributed by atoms with Gasteiger partial charge in [0.2, 0.25) is 17.2 Å². The Morgan fingerprint density at radius 2 is 1.05 bits per heavy atom. The minimum atomic E-state index is -0.973. The van der Waals surface area contributed by atoms with E-state index < -0.39 is 28.7 Å². The Labute approximate surface area is 241 Å². The standard InChI is InChI=1S/C37H28O5/c1-20-13-18-28-29(19-20)30(23-16-14-22(15-17-23)25-12-6-8-21-7-2-3-9-24(21)25)26-10-4-5-11-27(26)31(28)32-33(38)35(40)37(42)36(41)34(32)39/h2-12,14-20,38-42H,13H2,1H3. The van der Waals surface area contributed by atoms with Gasteiger partial charge in [0.15, 0.2) is 11.5 Å². The van der Waals surface area contributed by atoms with E-state index in [9.17, 15) is 25.5 Å². The van der Waals surface area contributed by atoms with E-state index >= 15 is 0 Å². The SMILES string of the molecule is CC1C=c2c(-c3ccc(-c4cccc5ccccc45)cc3)c3ccccc3c(-c3c(O)c(O)c(O)c(O)c3O)c2=CC1. The summed E-state index contributed by atoms with van der Waals surface area (Å²) in [7, 11) is 0. The van der Waals surface area contributed by atoms with Crippen LogP contribution in [0, 0.1) is 5.92 Å². The molecule has 0 amide bonds. The van der Waals surface area contributed by atoms with Crippen molar-refractivity contribution in [2.75, 3.05) is 0 Å². The first-order valence-electron chi connectivity index (χ1n) is 13.9. The molecule has 5 N–H and O–H groups in total. The Balaban J connectivity index is 1.53. The average Bonchev–Trinajstić information content (AvgIpc) is 3.02. The minimum Gasteiger partial charge on any atom is -0.504 e. The molecular weight excluding hydrogens is 524 g/mol. The molecule has 0 spiro atoms. The molecule has 0 heterocycles. The van der Waals surface area contributed by atoms with Gasteiger partial charge < -0.3 is 25.5 Å². The van der Waals surface area contributed by atoms with Crippen molar-refractivity contribution in [1.29, 1.82) is 0 Å². The molecule has 1 atom stereocenters. The van der Waals surface area contributed by atoms with Crippen LogP contribution in [-0.4, -0.2) is 25.5 Å². The van der Waals surface area contributed by atoms with Gasteiger partial charge in [0.25, 0.3) is 0 Å². The fraction of sp³-hybridized carbons (Fsp3) is 0.0811. The second-order valence-electron chi connectivity index (χ2n) is 10.9. The molecule has 0 saturated heterocycles. The number of aromatic hydroxyl groups is 5. The fourth-order valence-corrected chi connectivity index (χ4v) is 6.32. The Morgan fingerprint density at radius 3 is 1.74 bits per heavy atom. The highest BCUT2D eigenvalue weighted by atomic mass is 16.4. The van der Waals surface area contributed by atoms with Gasteiger partial charge in [-0.15, -0.1) is 0 Å². The monoisotopic (exact) mass is 552 g/mol. The molecule has 0 saturated carbocycles. The first-order valence-corrected chi connectivity index (χ1v) is 13.9. The smallest absolute Gasteiger partial charge is 0.208 e. The Kier molecular flexibility index (Phi) is 5.84. The predicted molar refractivity (Wildman–Crippen MR) is 168 cm³/mol. The van der Waals surface area contributed by atoms with Crippen molar-refractivity contribution in [1.82, 2.24) is 0 Å². The highest BCUT2D eigenvalue weighted by Gasteiger charge is 2.28. The molecule has 1 aliphatic rings. The highest BCUT2D eigenvalue weighted by molar-refractivity contribution is 6.08. The summed E-state index contributed by atoms with van der Waals surface area (Å²) in [6.07, 6.45) is 4.98. The summed E-state index contributed by atoms with van der Waals surface area (Å²) in [5.41, 5.74) is 4.64. The van der Waals surface area contributed by atoms with E-state index in [1.807, 2.05) is 30.3 Å². The molecule has 6 aromatic carbocycles. The van der Waals surface area contributed by atoms with Gasteiger partial charge >= 0.3 is 0 Å². The van der Waals surface area contributed by atoms with Crippen LogP contribution in [0.1, 0.15) is 13.3 Å². The number of hydrogen-bond acceptors (Lipinski definition) is 5. The third-order valence-electron chi connectivity index (χ3n) is 8.33. The first-order chi connectivity index (χ1) is 20.3. The third kappa shape index (κ3) is 3.78. The van der Waals surface area contributed by atoms with Crippen molar-refractivity contribution in [3.8, 4) is 62.1 Å².